The van der Waals surface area contributed by atoms with Crippen LogP contribution in [0.5, 0.6) is 0 Å². The van der Waals surface area contributed by atoms with Crippen LogP contribution in [0.25, 0.3) is 0 Å². The highest BCUT2D eigenvalue weighted by Crippen LogP contribution is 2.20. The van der Waals surface area contributed by atoms with Crippen LogP contribution in [0.4, 0.5) is 10.2 Å². The number of nitrogens with one attached hydrogen (secondary N) is 2. The van der Waals surface area contributed by atoms with Gasteiger partial charge in [0.05, 0.1) is 0 Å². The van der Waals surface area contributed by atoms with Gasteiger partial charge in [0, 0.05) is 58.3 Å². The quantitative estimate of drug-likeness (QED) is 0.271. The fraction of sp³-hybridized carbons (Fsp3) is 0.556. The second kappa shape index (κ2) is 10.5. The molecule has 10 heteroatoms. The van der Waals surface area contributed by atoms with Crippen LogP contribution in [-0.4, -0.2) is 66.9 Å². The van der Waals surface area contributed by atoms with E-state index in [1.54, 1.807) is 19.3 Å². The molecule has 2 aliphatic heterocycles. The maximum absolute atomic E-state index is 13.9. The summed E-state index contributed by atoms with van der Waals surface area (Å²) in [6.07, 6.45) is 3.92. The largest absolute Gasteiger partial charge is 0.355 e. The number of halogens is 2. The Kier molecular flexibility index (Phi) is 8.39. The lowest BCUT2D eigenvalue weighted by molar-refractivity contribution is -0.147. The van der Waals surface area contributed by atoms with Gasteiger partial charge in [0.25, 0.3) is 0 Å². The van der Waals surface area contributed by atoms with Crippen molar-refractivity contribution in [2.45, 2.75) is 31.7 Å². The predicted octanol–water partition coefficient (Wildman–Crippen LogP) is 1.12. The fourth-order valence-corrected chi connectivity index (χ4v) is 3.40. The second-order valence-electron chi connectivity index (χ2n) is 6.68. The van der Waals surface area contributed by atoms with Crippen LogP contribution in [0, 0.1) is 5.82 Å². The van der Waals surface area contributed by atoms with Crippen LogP contribution >= 0.6 is 24.0 Å². The molecule has 0 bridgehead atoms. The molecule has 3 rings (SSSR count). The van der Waals surface area contributed by atoms with Gasteiger partial charge in [0.15, 0.2) is 17.6 Å². The van der Waals surface area contributed by atoms with Gasteiger partial charge >= 0.3 is 0 Å². The van der Waals surface area contributed by atoms with Crippen LogP contribution in [-0.2, 0) is 9.59 Å². The number of rotatable bonds is 5. The molecule has 2 saturated heterocycles. The SMILES string of the molecule is CN=C(NCCN1C(=O)CCCC1=O)NC1CCN(c2ncccc2F)C1.I. The molecule has 154 valence electrons. The van der Waals surface area contributed by atoms with E-state index in [1.165, 1.54) is 11.0 Å². The topological polar surface area (TPSA) is 89.9 Å². The number of aliphatic imine (C=N–C) groups is 1. The molecule has 2 aliphatic rings. The number of guanidine groups is 1. The molecule has 0 saturated carbocycles. The molecule has 1 unspecified atom stereocenters. The summed E-state index contributed by atoms with van der Waals surface area (Å²) in [6.45, 7) is 2.09. The maximum Gasteiger partial charge on any atom is 0.229 e. The van der Waals surface area contributed by atoms with Gasteiger partial charge in [-0.1, -0.05) is 0 Å². The van der Waals surface area contributed by atoms with Gasteiger partial charge in [-0.25, -0.2) is 9.37 Å². The summed E-state index contributed by atoms with van der Waals surface area (Å²) >= 11 is 0. The number of carbonyl (C=O) groups excluding carboxylic acids is 2. The molecule has 0 spiro atoms. The Labute approximate surface area is 181 Å². The number of likely N-dealkylation sites (tertiary alicyclic amines) is 1. The Morgan fingerprint density at radius 3 is 2.79 bits per heavy atom. The number of nitrogens with zero attached hydrogens (tertiary/aromatic N) is 4. The van der Waals surface area contributed by atoms with E-state index >= 15 is 0 Å². The van der Waals surface area contributed by atoms with Crippen LogP contribution in [0.3, 0.4) is 0 Å². The molecule has 8 nitrogen and oxygen atoms in total. The third-order valence-corrected chi connectivity index (χ3v) is 4.80. The van der Waals surface area contributed by atoms with Crippen molar-refractivity contribution >= 4 is 47.6 Å². The number of hydrogen-bond donors (Lipinski definition) is 2. The zero-order chi connectivity index (χ0) is 19.2. The van der Waals surface area contributed by atoms with E-state index in [1.807, 2.05) is 4.90 Å². The highest BCUT2D eigenvalue weighted by Gasteiger charge is 2.27. The first-order valence-electron chi connectivity index (χ1n) is 9.24. The van der Waals surface area contributed by atoms with E-state index in [9.17, 15) is 14.0 Å². The van der Waals surface area contributed by atoms with Gasteiger partial charge in [-0.2, -0.15) is 0 Å². The molecule has 0 aliphatic carbocycles. The molecular formula is C18H26FIN6O2. The Hall–Kier alpha value is -1.98. The van der Waals surface area contributed by atoms with E-state index < -0.39 is 0 Å². The van der Waals surface area contributed by atoms with E-state index in [0.29, 0.717) is 57.2 Å². The summed E-state index contributed by atoms with van der Waals surface area (Å²) in [7, 11) is 1.66. The van der Waals surface area contributed by atoms with Crippen molar-refractivity contribution in [2.75, 3.05) is 38.1 Å². The minimum atomic E-state index is -0.323. The molecule has 1 aromatic rings. The van der Waals surface area contributed by atoms with Crippen LogP contribution in [0.1, 0.15) is 25.7 Å². The van der Waals surface area contributed by atoms with Gasteiger partial charge < -0.3 is 15.5 Å². The van der Waals surface area contributed by atoms with Crippen molar-refractivity contribution in [3.63, 3.8) is 0 Å². The first-order valence-corrected chi connectivity index (χ1v) is 9.24. The number of pyridine rings is 1. The second-order valence-corrected chi connectivity index (χ2v) is 6.68. The Morgan fingerprint density at radius 1 is 1.36 bits per heavy atom. The monoisotopic (exact) mass is 504 g/mol. The Bertz CT molecular complexity index is 716. The maximum atomic E-state index is 13.9. The zero-order valence-electron chi connectivity index (χ0n) is 15.9. The summed E-state index contributed by atoms with van der Waals surface area (Å²) < 4.78 is 13.9. The number of carbonyl (C=O) groups is 2. The Morgan fingerprint density at radius 2 is 2.11 bits per heavy atom. The average molecular weight is 504 g/mol. The standard InChI is InChI=1S/C18H25FN6O2.HI/c1-20-18(22-9-11-25-15(26)5-2-6-16(25)27)23-13-7-10-24(12-13)17-14(19)4-3-8-21-17;/h3-4,8,13H,2,5-7,9-12H2,1H3,(H2,20,22,23);1H. The van der Waals surface area contributed by atoms with Crippen molar-refractivity contribution < 1.29 is 14.0 Å². The fourth-order valence-electron chi connectivity index (χ4n) is 3.40. The number of piperidine rings is 1. The molecule has 0 aromatic carbocycles. The van der Waals surface area contributed by atoms with Gasteiger partial charge in [0.1, 0.15) is 0 Å². The molecule has 0 radical (unpaired) electrons. The Balaban J connectivity index is 0.00000280. The first-order chi connectivity index (χ1) is 13.1. The van der Waals surface area contributed by atoms with Crippen LogP contribution in [0.15, 0.2) is 23.3 Å². The van der Waals surface area contributed by atoms with Crippen LogP contribution < -0.4 is 15.5 Å². The van der Waals surface area contributed by atoms with Gasteiger partial charge in [-0.05, 0) is 25.0 Å². The van der Waals surface area contributed by atoms with Crippen molar-refractivity contribution in [2.24, 2.45) is 4.99 Å². The lowest BCUT2D eigenvalue weighted by atomic mass is 10.1. The predicted molar refractivity (Wildman–Crippen MR) is 115 cm³/mol. The van der Waals surface area contributed by atoms with E-state index in [4.69, 9.17) is 0 Å². The first kappa shape index (κ1) is 22.3. The molecular weight excluding hydrogens is 478 g/mol. The molecule has 2 N–H and O–H groups in total. The normalized spacial score (nSPS) is 20.2. The molecule has 2 fully saturated rings. The number of aromatic nitrogens is 1. The van der Waals surface area contributed by atoms with Crippen molar-refractivity contribution in [3.05, 3.63) is 24.1 Å². The van der Waals surface area contributed by atoms with Crippen LogP contribution in [0.2, 0.25) is 0 Å². The van der Waals surface area contributed by atoms with E-state index in [0.717, 1.165) is 6.42 Å². The van der Waals surface area contributed by atoms with Crippen molar-refractivity contribution in [3.8, 4) is 0 Å². The number of amides is 2. The summed E-state index contributed by atoms with van der Waals surface area (Å²) in [5.74, 6) is 0.420. The summed E-state index contributed by atoms with van der Waals surface area (Å²) in [5.41, 5.74) is 0. The van der Waals surface area contributed by atoms with E-state index in [2.05, 4.69) is 20.6 Å². The zero-order valence-corrected chi connectivity index (χ0v) is 18.2. The number of anilines is 1. The highest BCUT2D eigenvalue weighted by atomic mass is 127. The lowest BCUT2D eigenvalue weighted by Gasteiger charge is -2.25. The van der Waals surface area contributed by atoms with Gasteiger partial charge in [-0.3, -0.25) is 19.5 Å². The number of hydrogen-bond acceptors (Lipinski definition) is 5. The molecule has 1 atom stereocenters. The highest BCUT2D eigenvalue weighted by molar-refractivity contribution is 14.0. The van der Waals surface area contributed by atoms with Gasteiger partial charge in [0.2, 0.25) is 11.8 Å². The van der Waals surface area contributed by atoms with Crippen molar-refractivity contribution in [1.82, 2.24) is 20.5 Å². The molecule has 3 heterocycles. The minimum absolute atomic E-state index is 0. The summed E-state index contributed by atoms with van der Waals surface area (Å²) in [6, 6.07) is 3.09. The molecule has 28 heavy (non-hydrogen) atoms. The summed E-state index contributed by atoms with van der Waals surface area (Å²) in [5, 5.41) is 6.44. The average Bonchev–Trinajstić information content (AvgIpc) is 3.12. The molecule has 2 amide bonds. The third-order valence-electron chi connectivity index (χ3n) is 4.80. The minimum Gasteiger partial charge on any atom is -0.355 e. The molecule has 1 aromatic heterocycles. The van der Waals surface area contributed by atoms with Crippen molar-refractivity contribution in [1.29, 1.82) is 0 Å². The smallest absolute Gasteiger partial charge is 0.229 e. The van der Waals surface area contributed by atoms with E-state index in [-0.39, 0.29) is 47.7 Å². The number of imide groups is 1. The third kappa shape index (κ3) is 5.52. The van der Waals surface area contributed by atoms with Gasteiger partial charge in [-0.15, -0.1) is 24.0 Å². The summed E-state index contributed by atoms with van der Waals surface area (Å²) in [4.78, 5) is 35.2. The lowest BCUT2D eigenvalue weighted by Crippen LogP contribution is -2.48.